The van der Waals surface area contributed by atoms with Crippen LogP contribution in [0.2, 0.25) is 0 Å². The fourth-order valence-corrected chi connectivity index (χ4v) is 2.04. The molecule has 1 heterocycles. The normalized spacial score (nSPS) is 13.9. The fraction of sp³-hybridized carbons (Fsp3) is 0.286. The molecule has 5 heteroatoms. The Hall–Kier alpha value is -2.30. The van der Waals surface area contributed by atoms with Crippen LogP contribution in [0.5, 0.6) is 0 Å². The number of carbonyl (C=O) groups is 2. The second kappa shape index (κ2) is 5.56. The van der Waals surface area contributed by atoms with Gasteiger partial charge in [0.1, 0.15) is 6.04 Å². The molecular weight excluding hydrogens is 244 g/mol. The van der Waals surface area contributed by atoms with E-state index in [9.17, 15) is 9.59 Å². The van der Waals surface area contributed by atoms with Crippen LogP contribution in [0, 0.1) is 0 Å². The Labute approximate surface area is 111 Å². The molecule has 0 saturated heterocycles. The molecule has 2 rings (SSSR count). The Morgan fingerprint density at radius 2 is 2.11 bits per heavy atom. The van der Waals surface area contributed by atoms with Crippen LogP contribution in [-0.2, 0) is 14.3 Å². The minimum absolute atomic E-state index is 0.265. The van der Waals surface area contributed by atoms with E-state index >= 15 is 0 Å². The Balaban J connectivity index is 2.15. The number of benzene rings is 1. The van der Waals surface area contributed by atoms with Crippen molar-refractivity contribution in [1.82, 2.24) is 10.6 Å². The van der Waals surface area contributed by atoms with Gasteiger partial charge in [0, 0.05) is 25.1 Å². The van der Waals surface area contributed by atoms with E-state index in [4.69, 9.17) is 4.74 Å². The van der Waals surface area contributed by atoms with Crippen molar-refractivity contribution < 1.29 is 14.3 Å². The number of hydrogen-bond donors (Lipinski definition) is 1. The molecule has 1 aliphatic heterocycles. The fourth-order valence-electron chi connectivity index (χ4n) is 2.04. The number of nitrogens with zero attached hydrogens (tertiary/aromatic N) is 1. The summed E-state index contributed by atoms with van der Waals surface area (Å²) in [4.78, 5) is 22.8. The molecule has 0 spiro atoms. The van der Waals surface area contributed by atoms with Gasteiger partial charge in [0.15, 0.2) is 0 Å². The van der Waals surface area contributed by atoms with Crippen molar-refractivity contribution >= 4 is 23.1 Å². The van der Waals surface area contributed by atoms with E-state index in [0.29, 0.717) is 6.42 Å². The molecule has 0 aromatic heterocycles. The standard InChI is InChI=1S/C14H15N2O3/c1-9(17)16-13(14(18)19-2)7-10-8-15-12-6-4-3-5-11(10)12/h3-6,8,13H,7H2,1-2H3,(H,16,17). The summed E-state index contributed by atoms with van der Waals surface area (Å²) in [5, 5.41) is 6.86. The average Bonchev–Trinajstić information content (AvgIpc) is 2.80. The average molecular weight is 259 g/mol. The number of fused-ring (bicyclic) bond motifs is 1. The van der Waals surface area contributed by atoms with Crippen LogP contribution < -0.4 is 10.6 Å². The lowest BCUT2D eigenvalue weighted by molar-refractivity contribution is -0.144. The zero-order valence-electron chi connectivity index (χ0n) is 10.8. The number of nitrogens with one attached hydrogen (secondary N) is 1. The SMILES string of the molecule is COC(=O)C(CC1=C[N]c2ccccc21)NC(C)=O. The van der Waals surface area contributed by atoms with Crippen LogP contribution in [0.1, 0.15) is 18.9 Å². The van der Waals surface area contributed by atoms with Gasteiger partial charge < -0.3 is 10.1 Å². The number of rotatable bonds is 4. The number of ether oxygens (including phenoxy) is 1. The predicted octanol–water partition coefficient (Wildman–Crippen LogP) is 1.34. The molecule has 0 fully saturated rings. The van der Waals surface area contributed by atoms with E-state index < -0.39 is 12.0 Å². The molecule has 1 radical (unpaired) electrons. The molecule has 1 amide bonds. The molecule has 19 heavy (non-hydrogen) atoms. The van der Waals surface area contributed by atoms with E-state index in [-0.39, 0.29) is 5.91 Å². The molecule has 5 nitrogen and oxygen atoms in total. The maximum absolute atomic E-state index is 11.7. The summed E-state index contributed by atoms with van der Waals surface area (Å²) in [6, 6.07) is 6.99. The van der Waals surface area contributed by atoms with Crippen LogP contribution in [0.3, 0.4) is 0 Å². The van der Waals surface area contributed by atoms with Crippen molar-refractivity contribution in [2.75, 3.05) is 7.11 Å². The van der Waals surface area contributed by atoms with Crippen molar-refractivity contribution in [2.45, 2.75) is 19.4 Å². The Bertz CT molecular complexity index is 537. The number of hydrogen-bond acceptors (Lipinski definition) is 3. The lowest BCUT2D eigenvalue weighted by atomic mass is 10.00. The molecule has 1 aromatic rings. The number of esters is 1. The smallest absolute Gasteiger partial charge is 0.328 e. The summed E-state index contributed by atoms with van der Waals surface area (Å²) in [6.07, 6.45) is 2.09. The van der Waals surface area contributed by atoms with Gasteiger partial charge in [-0.25, -0.2) is 4.79 Å². The van der Waals surface area contributed by atoms with E-state index in [0.717, 1.165) is 16.8 Å². The third-order valence-corrected chi connectivity index (χ3v) is 2.90. The van der Waals surface area contributed by atoms with Gasteiger partial charge in [-0.15, -0.1) is 0 Å². The van der Waals surface area contributed by atoms with Crippen molar-refractivity contribution in [2.24, 2.45) is 0 Å². The summed E-state index contributed by atoms with van der Waals surface area (Å²) >= 11 is 0. The highest BCUT2D eigenvalue weighted by atomic mass is 16.5. The zero-order chi connectivity index (χ0) is 13.8. The second-order valence-corrected chi connectivity index (χ2v) is 4.28. The summed E-state index contributed by atoms with van der Waals surface area (Å²) in [5.41, 5.74) is 2.78. The first-order valence-electron chi connectivity index (χ1n) is 5.96. The predicted molar refractivity (Wildman–Crippen MR) is 70.5 cm³/mol. The highest BCUT2D eigenvalue weighted by molar-refractivity contribution is 5.87. The van der Waals surface area contributed by atoms with Gasteiger partial charge in [0.25, 0.3) is 0 Å². The highest BCUT2D eigenvalue weighted by Gasteiger charge is 2.25. The number of amides is 1. The van der Waals surface area contributed by atoms with Gasteiger partial charge in [0.2, 0.25) is 5.91 Å². The first kappa shape index (κ1) is 13.1. The van der Waals surface area contributed by atoms with E-state index in [1.165, 1.54) is 14.0 Å². The molecule has 0 aliphatic carbocycles. The summed E-state index contributed by atoms with van der Waals surface area (Å²) in [6.45, 7) is 1.37. The first-order chi connectivity index (χ1) is 9.11. The van der Waals surface area contributed by atoms with Crippen molar-refractivity contribution in [1.29, 1.82) is 0 Å². The third-order valence-electron chi connectivity index (χ3n) is 2.90. The third kappa shape index (κ3) is 2.93. The van der Waals surface area contributed by atoms with E-state index in [2.05, 4.69) is 10.6 Å². The van der Waals surface area contributed by atoms with Gasteiger partial charge in [-0.3, -0.25) is 10.1 Å². The van der Waals surface area contributed by atoms with Gasteiger partial charge in [-0.05, 0) is 11.6 Å². The van der Waals surface area contributed by atoms with Gasteiger partial charge in [-0.2, -0.15) is 0 Å². The Kier molecular flexibility index (Phi) is 3.85. The van der Waals surface area contributed by atoms with Crippen LogP contribution in [0.25, 0.3) is 5.57 Å². The highest BCUT2D eigenvalue weighted by Crippen LogP contribution is 2.32. The summed E-state index contributed by atoms with van der Waals surface area (Å²) in [5.74, 6) is -0.722. The lowest BCUT2D eigenvalue weighted by Gasteiger charge is -2.16. The van der Waals surface area contributed by atoms with Gasteiger partial charge >= 0.3 is 5.97 Å². The molecule has 1 unspecified atom stereocenters. The number of methoxy groups -OCH3 is 1. The van der Waals surface area contributed by atoms with Crippen molar-refractivity contribution in [3.63, 3.8) is 0 Å². The molecule has 1 N–H and O–H groups in total. The van der Waals surface area contributed by atoms with Crippen LogP contribution >= 0.6 is 0 Å². The Morgan fingerprint density at radius 3 is 2.79 bits per heavy atom. The maximum atomic E-state index is 11.7. The Morgan fingerprint density at radius 1 is 1.37 bits per heavy atom. The van der Waals surface area contributed by atoms with Crippen molar-refractivity contribution in [3.8, 4) is 0 Å². The quantitative estimate of drug-likeness (QED) is 0.830. The van der Waals surface area contributed by atoms with Crippen LogP contribution in [0.4, 0.5) is 5.69 Å². The van der Waals surface area contributed by atoms with Crippen LogP contribution in [-0.4, -0.2) is 25.0 Å². The number of para-hydroxylation sites is 1. The number of carbonyl (C=O) groups excluding carboxylic acids is 2. The van der Waals surface area contributed by atoms with Gasteiger partial charge in [0.05, 0.1) is 12.8 Å². The lowest BCUT2D eigenvalue weighted by Crippen LogP contribution is -2.40. The molecule has 0 saturated carbocycles. The summed E-state index contributed by atoms with van der Waals surface area (Å²) < 4.78 is 4.70. The van der Waals surface area contributed by atoms with Crippen LogP contribution in [0.15, 0.2) is 30.5 Å². The van der Waals surface area contributed by atoms with E-state index in [1.807, 2.05) is 24.3 Å². The minimum atomic E-state index is -0.685. The van der Waals surface area contributed by atoms with Crippen molar-refractivity contribution in [3.05, 3.63) is 36.0 Å². The maximum Gasteiger partial charge on any atom is 0.328 e. The molecule has 1 aromatic carbocycles. The zero-order valence-corrected chi connectivity index (χ0v) is 10.8. The molecule has 1 aliphatic rings. The molecule has 99 valence electrons. The molecule has 0 bridgehead atoms. The summed E-state index contributed by atoms with van der Waals surface area (Å²) in [7, 11) is 1.30. The van der Waals surface area contributed by atoms with Gasteiger partial charge in [-0.1, -0.05) is 18.2 Å². The topological polar surface area (TPSA) is 69.5 Å². The molecule has 1 atom stereocenters. The van der Waals surface area contributed by atoms with E-state index in [1.54, 1.807) is 6.20 Å². The largest absolute Gasteiger partial charge is 0.467 e. The second-order valence-electron chi connectivity index (χ2n) is 4.28. The monoisotopic (exact) mass is 259 g/mol. The first-order valence-corrected chi connectivity index (χ1v) is 5.96. The minimum Gasteiger partial charge on any atom is -0.467 e. The molecular formula is C14H15N2O3.